The number of hydrogen-bond donors (Lipinski definition) is 1. The summed E-state index contributed by atoms with van der Waals surface area (Å²) in [5.74, 6) is 0.594. The van der Waals surface area contributed by atoms with Crippen LogP contribution < -0.4 is 5.32 Å². The molecule has 3 atom stereocenters. The fourth-order valence-electron chi connectivity index (χ4n) is 3.68. The van der Waals surface area contributed by atoms with Crippen LogP contribution in [0.25, 0.3) is 0 Å². The molecule has 0 aliphatic carbocycles. The fourth-order valence-corrected chi connectivity index (χ4v) is 5.15. The lowest BCUT2D eigenvalue weighted by Crippen LogP contribution is -2.48. The third-order valence-electron chi connectivity index (χ3n) is 5.09. The molecule has 1 fully saturated rings. The van der Waals surface area contributed by atoms with E-state index in [0.29, 0.717) is 5.75 Å². The van der Waals surface area contributed by atoms with Crippen molar-refractivity contribution in [2.24, 2.45) is 0 Å². The highest BCUT2D eigenvalue weighted by atomic mass is 32.2. The number of rotatable bonds is 5. The highest BCUT2D eigenvalue weighted by molar-refractivity contribution is 7.99. The van der Waals surface area contributed by atoms with Crippen LogP contribution in [-0.4, -0.2) is 34.6 Å². The standard InChI is InChI=1S/C21H22N2O2S/c1-14(11-12-15-7-3-2-4-8-15)22-19(24)18-13-26-21-17-10-6-5-9-16(17)20(25)23(18)21/h2-10,14,18,21H,11-13H2,1H3,(H,22,24)/t14-,18-,21+/m0/s1. The Kier molecular flexibility index (Phi) is 4.72. The number of carbonyl (C=O) groups is 2. The van der Waals surface area contributed by atoms with Gasteiger partial charge in [-0.2, -0.15) is 0 Å². The largest absolute Gasteiger partial charge is 0.352 e. The van der Waals surface area contributed by atoms with Gasteiger partial charge in [0, 0.05) is 17.4 Å². The summed E-state index contributed by atoms with van der Waals surface area (Å²) in [6.07, 6.45) is 1.81. The first-order chi connectivity index (χ1) is 12.6. The second-order valence-corrected chi connectivity index (χ2v) is 8.05. The Labute approximate surface area is 158 Å². The molecule has 0 spiro atoms. The first-order valence-corrected chi connectivity index (χ1v) is 10.1. The van der Waals surface area contributed by atoms with Crippen molar-refractivity contribution in [3.8, 4) is 0 Å². The number of aryl methyl sites for hydroxylation is 1. The number of nitrogens with zero attached hydrogens (tertiary/aromatic N) is 1. The minimum Gasteiger partial charge on any atom is -0.352 e. The molecule has 2 heterocycles. The minimum atomic E-state index is -0.385. The number of thioether (sulfide) groups is 1. The van der Waals surface area contributed by atoms with Gasteiger partial charge < -0.3 is 10.2 Å². The molecule has 0 aromatic heterocycles. The molecule has 4 rings (SSSR count). The minimum absolute atomic E-state index is 0.0194. The quantitative estimate of drug-likeness (QED) is 0.882. The summed E-state index contributed by atoms with van der Waals surface area (Å²) in [4.78, 5) is 27.3. The summed E-state index contributed by atoms with van der Waals surface area (Å²) >= 11 is 1.68. The van der Waals surface area contributed by atoms with E-state index in [1.165, 1.54) is 5.56 Å². The van der Waals surface area contributed by atoms with E-state index in [1.807, 2.05) is 49.4 Å². The van der Waals surface area contributed by atoms with E-state index in [0.717, 1.165) is 24.0 Å². The highest BCUT2D eigenvalue weighted by Crippen LogP contribution is 2.48. The summed E-state index contributed by atoms with van der Waals surface area (Å²) in [6.45, 7) is 2.03. The molecule has 2 aromatic rings. The van der Waals surface area contributed by atoms with E-state index in [-0.39, 0.29) is 29.3 Å². The third-order valence-corrected chi connectivity index (χ3v) is 6.40. The van der Waals surface area contributed by atoms with Crippen LogP contribution in [0.5, 0.6) is 0 Å². The molecule has 4 nitrogen and oxygen atoms in total. The first-order valence-electron chi connectivity index (χ1n) is 9.02. The van der Waals surface area contributed by atoms with Crippen LogP contribution in [0.15, 0.2) is 54.6 Å². The highest BCUT2D eigenvalue weighted by Gasteiger charge is 2.48. The maximum Gasteiger partial charge on any atom is 0.256 e. The molecule has 2 aliphatic rings. The van der Waals surface area contributed by atoms with Crippen molar-refractivity contribution < 1.29 is 9.59 Å². The van der Waals surface area contributed by atoms with E-state index in [1.54, 1.807) is 16.7 Å². The van der Waals surface area contributed by atoms with Gasteiger partial charge >= 0.3 is 0 Å². The fraction of sp³-hybridized carbons (Fsp3) is 0.333. The zero-order chi connectivity index (χ0) is 18.1. The van der Waals surface area contributed by atoms with Gasteiger partial charge in [0.25, 0.3) is 5.91 Å². The van der Waals surface area contributed by atoms with Gasteiger partial charge in [-0.15, -0.1) is 11.8 Å². The molecule has 0 radical (unpaired) electrons. The van der Waals surface area contributed by atoms with Crippen LogP contribution in [0.3, 0.4) is 0 Å². The molecule has 1 saturated heterocycles. The molecular weight excluding hydrogens is 344 g/mol. The number of fused-ring (bicyclic) bond motifs is 3. The van der Waals surface area contributed by atoms with Crippen molar-refractivity contribution in [3.05, 3.63) is 71.3 Å². The molecule has 2 amide bonds. The van der Waals surface area contributed by atoms with Crippen LogP contribution in [0, 0.1) is 0 Å². The monoisotopic (exact) mass is 366 g/mol. The molecule has 2 aliphatic heterocycles. The lowest BCUT2D eigenvalue weighted by Gasteiger charge is -2.24. The normalized spacial score (nSPS) is 22.0. The number of hydrogen-bond acceptors (Lipinski definition) is 3. The van der Waals surface area contributed by atoms with Gasteiger partial charge in [-0.05, 0) is 37.0 Å². The van der Waals surface area contributed by atoms with Crippen LogP contribution in [0.4, 0.5) is 0 Å². The van der Waals surface area contributed by atoms with Gasteiger partial charge in [0.1, 0.15) is 11.4 Å². The van der Waals surface area contributed by atoms with Gasteiger partial charge in [-0.3, -0.25) is 9.59 Å². The molecule has 0 unspecified atom stereocenters. The molecular formula is C21H22N2O2S. The number of nitrogens with one attached hydrogen (secondary N) is 1. The molecule has 134 valence electrons. The van der Waals surface area contributed by atoms with Crippen molar-refractivity contribution in [1.29, 1.82) is 0 Å². The Morgan fingerprint density at radius 1 is 1.19 bits per heavy atom. The Morgan fingerprint density at radius 2 is 1.92 bits per heavy atom. The van der Waals surface area contributed by atoms with E-state index < -0.39 is 0 Å². The topological polar surface area (TPSA) is 49.4 Å². The molecule has 2 aromatic carbocycles. The van der Waals surface area contributed by atoms with Gasteiger partial charge in [0.2, 0.25) is 5.91 Å². The smallest absolute Gasteiger partial charge is 0.256 e. The zero-order valence-electron chi connectivity index (χ0n) is 14.7. The van der Waals surface area contributed by atoms with Crippen LogP contribution in [0.1, 0.15) is 40.2 Å². The van der Waals surface area contributed by atoms with Crippen molar-refractivity contribution in [2.75, 3.05) is 5.75 Å². The summed E-state index contributed by atoms with van der Waals surface area (Å²) in [7, 11) is 0. The van der Waals surface area contributed by atoms with Crippen molar-refractivity contribution in [3.63, 3.8) is 0 Å². The van der Waals surface area contributed by atoms with Crippen LogP contribution >= 0.6 is 11.8 Å². The number of benzene rings is 2. The Morgan fingerprint density at radius 3 is 2.73 bits per heavy atom. The molecule has 1 N–H and O–H groups in total. The Hall–Kier alpha value is -2.27. The molecule has 0 saturated carbocycles. The summed E-state index contributed by atoms with van der Waals surface area (Å²) < 4.78 is 0. The third kappa shape index (κ3) is 3.12. The predicted octanol–water partition coefficient (Wildman–Crippen LogP) is 3.39. The van der Waals surface area contributed by atoms with Crippen molar-refractivity contribution in [1.82, 2.24) is 10.2 Å². The van der Waals surface area contributed by atoms with Crippen molar-refractivity contribution >= 4 is 23.6 Å². The lowest BCUT2D eigenvalue weighted by molar-refractivity contribution is -0.125. The van der Waals surface area contributed by atoms with Gasteiger partial charge in [-0.25, -0.2) is 0 Å². The molecule has 26 heavy (non-hydrogen) atoms. The SMILES string of the molecule is C[C@@H](CCc1ccccc1)NC(=O)[C@@H]1CS[C@@H]2c3ccccc3C(=O)N21. The second-order valence-electron chi connectivity index (χ2n) is 6.94. The zero-order valence-corrected chi connectivity index (χ0v) is 15.5. The summed E-state index contributed by atoms with van der Waals surface area (Å²) in [5, 5.41) is 3.09. The molecule has 5 heteroatoms. The second kappa shape index (κ2) is 7.16. The number of carbonyl (C=O) groups excluding carboxylic acids is 2. The first kappa shape index (κ1) is 17.2. The van der Waals surface area contributed by atoms with Gasteiger partial charge in [0.15, 0.2) is 0 Å². The average molecular weight is 366 g/mol. The summed E-state index contributed by atoms with van der Waals surface area (Å²) in [5.41, 5.74) is 3.05. The summed E-state index contributed by atoms with van der Waals surface area (Å²) in [6, 6.07) is 17.7. The number of amides is 2. The maximum atomic E-state index is 12.8. The van der Waals surface area contributed by atoms with E-state index in [2.05, 4.69) is 17.4 Å². The van der Waals surface area contributed by atoms with Crippen LogP contribution in [0.2, 0.25) is 0 Å². The van der Waals surface area contributed by atoms with E-state index in [9.17, 15) is 9.59 Å². The average Bonchev–Trinajstić information content (AvgIpc) is 3.22. The Bertz CT molecular complexity index is 824. The molecule has 0 bridgehead atoms. The lowest BCUT2D eigenvalue weighted by atomic mass is 10.1. The predicted molar refractivity (Wildman–Crippen MR) is 104 cm³/mol. The Balaban J connectivity index is 1.38. The van der Waals surface area contributed by atoms with Gasteiger partial charge in [-0.1, -0.05) is 48.5 Å². The maximum absolute atomic E-state index is 12.8. The van der Waals surface area contributed by atoms with E-state index in [4.69, 9.17) is 0 Å². The van der Waals surface area contributed by atoms with E-state index >= 15 is 0 Å². The van der Waals surface area contributed by atoms with Crippen molar-refractivity contribution in [2.45, 2.75) is 37.2 Å². The van der Waals surface area contributed by atoms with Crippen LogP contribution in [-0.2, 0) is 11.2 Å². The van der Waals surface area contributed by atoms with Gasteiger partial charge in [0.05, 0.1) is 0 Å².